The summed E-state index contributed by atoms with van der Waals surface area (Å²) in [5.41, 5.74) is 1.48. The molecule has 90 valence electrons. The van der Waals surface area contributed by atoms with E-state index in [1.165, 1.54) is 37.7 Å². The van der Waals surface area contributed by atoms with Crippen LogP contribution < -0.4 is 5.32 Å². The minimum atomic E-state index is 0.683. The highest BCUT2D eigenvalue weighted by atomic mass is 14.8. The SMILES string of the molecule is CCCCCCC(CNC)c1ccccc1. The van der Waals surface area contributed by atoms with Crippen molar-refractivity contribution in [1.29, 1.82) is 0 Å². The summed E-state index contributed by atoms with van der Waals surface area (Å²) in [6.45, 7) is 3.36. The largest absolute Gasteiger partial charge is 0.319 e. The predicted octanol–water partition coefficient (Wildman–Crippen LogP) is 3.96. The van der Waals surface area contributed by atoms with E-state index in [1.807, 2.05) is 7.05 Å². The summed E-state index contributed by atoms with van der Waals surface area (Å²) >= 11 is 0. The van der Waals surface area contributed by atoms with E-state index in [2.05, 4.69) is 42.6 Å². The molecule has 0 radical (unpaired) electrons. The Labute approximate surface area is 100 Å². The van der Waals surface area contributed by atoms with Crippen molar-refractivity contribution in [3.63, 3.8) is 0 Å². The van der Waals surface area contributed by atoms with Gasteiger partial charge in [-0.05, 0) is 24.9 Å². The fourth-order valence-corrected chi connectivity index (χ4v) is 2.18. The molecule has 1 unspecified atom stereocenters. The lowest BCUT2D eigenvalue weighted by Gasteiger charge is -2.16. The van der Waals surface area contributed by atoms with Gasteiger partial charge < -0.3 is 5.32 Å². The molecular weight excluding hydrogens is 194 g/mol. The van der Waals surface area contributed by atoms with E-state index in [0.717, 1.165) is 6.54 Å². The maximum atomic E-state index is 3.31. The molecule has 0 aliphatic heterocycles. The lowest BCUT2D eigenvalue weighted by atomic mass is 9.93. The van der Waals surface area contributed by atoms with E-state index in [1.54, 1.807) is 0 Å². The molecule has 0 bridgehead atoms. The van der Waals surface area contributed by atoms with Gasteiger partial charge in [-0.2, -0.15) is 0 Å². The van der Waals surface area contributed by atoms with Crippen LogP contribution in [0.4, 0.5) is 0 Å². The van der Waals surface area contributed by atoms with Gasteiger partial charge in [0.2, 0.25) is 0 Å². The van der Waals surface area contributed by atoms with Gasteiger partial charge in [-0.15, -0.1) is 0 Å². The number of rotatable bonds is 8. The maximum absolute atomic E-state index is 3.31. The van der Waals surface area contributed by atoms with Crippen molar-refractivity contribution in [3.05, 3.63) is 35.9 Å². The van der Waals surface area contributed by atoms with Gasteiger partial charge in [-0.3, -0.25) is 0 Å². The fourth-order valence-electron chi connectivity index (χ4n) is 2.18. The van der Waals surface area contributed by atoms with Crippen molar-refractivity contribution in [3.8, 4) is 0 Å². The molecule has 0 spiro atoms. The lowest BCUT2D eigenvalue weighted by molar-refractivity contribution is 0.533. The molecule has 16 heavy (non-hydrogen) atoms. The summed E-state index contributed by atoms with van der Waals surface area (Å²) in [5, 5.41) is 3.31. The molecule has 0 aromatic heterocycles. The first-order chi connectivity index (χ1) is 7.88. The third-order valence-corrected chi connectivity index (χ3v) is 3.13. The molecule has 1 nitrogen and oxygen atoms in total. The summed E-state index contributed by atoms with van der Waals surface area (Å²) in [7, 11) is 2.04. The van der Waals surface area contributed by atoms with Gasteiger partial charge in [-0.1, -0.05) is 62.9 Å². The molecule has 0 aliphatic carbocycles. The van der Waals surface area contributed by atoms with E-state index >= 15 is 0 Å². The summed E-state index contributed by atoms with van der Waals surface area (Å²) in [6, 6.07) is 10.9. The molecule has 1 N–H and O–H groups in total. The van der Waals surface area contributed by atoms with Crippen LogP contribution >= 0.6 is 0 Å². The molecule has 1 aromatic rings. The van der Waals surface area contributed by atoms with Crippen LogP contribution in [0, 0.1) is 0 Å². The molecule has 1 heteroatoms. The van der Waals surface area contributed by atoms with E-state index in [9.17, 15) is 0 Å². The maximum Gasteiger partial charge on any atom is 0.00171 e. The smallest absolute Gasteiger partial charge is 0.00171 e. The van der Waals surface area contributed by atoms with Gasteiger partial charge in [0.1, 0.15) is 0 Å². The third kappa shape index (κ3) is 4.80. The van der Waals surface area contributed by atoms with Crippen molar-refractivity contribution >= 4 is 0 Å². The number of likely N-dealkylation sites (N-methyl/N-ethyl adjacent to an activating group) is 1. The van der Waals surface area contributed by atoms with Crippen molar-refractivity contribution in [2.45, 2.75) is 44.9 Å². The van der Waals surface area contributed by atoms with Crippen molar-refractivity contribution in [2.24, 2.45) is 0 Å². The topological polar surface area (TPSA) is 12.0 Å². The standard InChI is InChI=1S/C15H25N/c1-3-4-5-7-12-15(13-16-2)14-10-8-6-9-11-14/h6,8-11,15-16H,3-5,7,12-13H2,1-2H3. The Morgan fingerprint density at radius 1 is 1.06 bits per heavy atom. The van der Waals surface area contributed by atoms with Crippen LogP contribution in [0.5, 0.6) is 0 Å². The molecule has 0 saturated carbocycles. The highest BCUT2D eigenvalue weighted by molar-refractivity contribution is 5.19. The Balaban J connectivity index is 2.41. The first-order valence-corrected chi connectivity index (χ1v) is 6.58. The summed E-state index contributed by atoms with van der Waals surface area (Å²) in [5.74, 6) is 0.683. The van der Waals surface area contributed by atoms with E-state index in [-0.39, 0.29) is 0 Å². The average molecular weight is 219 g/mol. The number of hydrogen-bond acceptors (Lipinski definition) is 1. The monoisotopic (exact) mass is 219 g/mol. The molecule has 0 heterocycles. The van der Waals surface area contributed by atoms with Crippen molar-refractivity contribution in [2.75, 3.05) is 13.6 Å². The zero-order valence-electron chi connectivity index (χ0n) is 10.7. The fraction of sp³-hybridized carbons (Fsp3) is 0.600. The highest BCUT2D eigenvalue weighted by Gasteiger charge is 2.09. The Bertz CT molecular complexity index is 255. The molecule has 0 saturated heterocycles. The van der Waals surface area contributed by atoms with Gasteiger partial charge >= 0.3 is 0 Å². The van der Waals surface area contributed by atoms with Crippen LogP contribution in [0.2, 0.25) is 0 Å². The lowest BCUT2D eigenvalue weighted by Crippen LogP contribution is -2.17. The second-order valence-corrected chi connectivity index (χ2v) is 4.51. The predicted molar refractivity (Wildman–Crippen MR) is 71.9 cm³/mol. The van der Waals surface area contributed by atoms with E-state index < -0.39 is 0 Å². The van der Waals surface area contributed by atoms with Crippen LogP contribution in [-0.4, -0.2) is 13.6 Å². The highest BCUT2D eigenvalue weighted by Crippen LogP contribution is 2.21. The van der Waals surface area contributed by atoms with Crippen LogP contribution in [0.15, 0.2) is 30.3 Å². The van der Waals surface area contributed by atoms with Gasteiger partial charge in [0.15, 0.2) is 0 Å². The van der Waals surface area contributed by atoms with Gasteiger partial charge in [0, 0.05) is 6.54 Å². The Morgan fingerprint density at radius 2 is 1.81 bits per heavy atom. The number of benzene rings is 1. The van der Waals surface area contributed by atoms with Gasteiger partial charge in [-0.25, -0.2) is 0 Å². The van der Waals surface area contributed by atoms with Crippen molar-refractivity contribution < 1.29 is 0 Å². The van der Waals surface area contributed by atoms with Gasteiger partial charge in [0.25, 0.3) is 0 Å². The Hall–Kier alpha value is -0.820. The van der Waals surface area contributed by atoms with Gasteiger partial charge in [0.05, 0.1) is 0 Å². The third-order valence-electron chi connectivity index (χ3n) is 3.13. The molecule has 0 amide bonds. The van der Waals surface area contributed by atoms with Crippen LogP contribution in [-0.2, 0) is 0 Å². The summed E-state index contributed by atoms with van der Waals surface area (Å²) in [6.07, 6.45) is 6.74. The number of hydrogen-bond donors (Lipinski definition) is 1. The van der Waals surface area contributed by atoms with E-state index in [0.29, 0.717) is 5.92 Å². The van der Waals surface area contributed by atoms with Crippen LogP contribution in [0.1, 0.15) is 50.5 Å². The Morgan fingerprint density at radius 3 is 2.44 bits per heavy atom. The zero-order chi connectivity index (χ0) is 11.6. The average Bonchev–Trinajstić information content (AvgIpc) is 2.34. The minimum absolute atomic E-state index is 0.683. The van der Waals surface area contributed by atoms with E-state index in [4.69, 9.17) is 0 Å². The second-order valence-electron chi connectivity index (χ2n) is 4.51. The minimum Gasteiger partial charge on any atom is -0.319 e. The first-order valence-electron chi connectivity index (χ1n) is 6.58. The molecule has 1 atom stereocenters. The number of unbranched alkanes of at least 4 members (excludes halogenated alkanes) is 3. The molecular formula is C15H25N. The normalized spacial score (nSPS) is 12.6. The van der Waals surface area contributed by atoms with Crippen molar-refractivity contribution in [1.82, 2.24) is 5.32 Å². The summed E-state index contributed by atoms with van der Waals surface area (Å²) in [4.78, 5) is 0. The summed E-state index contributed by atoms with van der Waals surface area (Å²) < 4.78 is 0. The first kappa shape index (κ1) is 13.2. The number of nitrogens with one attached hydrogen (secondary N) is 1. The second kappa shape index (κ2) is 8.35. The molecule has 1 rings (SSSR count). The zero-order valence-corrected chi connectivity index (χ0v) is 10.7. The molecule has 1 aromatic carbocycles. The molecule has 0 fully saturated rings. The molecule has 0 aliphatic rings. The Kier molecular flexibility index (Phi) is 6.91. The van der Waals surface area contributed by atoms with Crippen LogP contribution in [0.3, 0.4) is 0 Å². The van der Waals surface area contributed by atoms with Crippen LogP contribution in [0.25, 0.3) is 0 Å². The quantitative estimate of drug-likeness (QED) is 0.653.